The Balaban J connectivity index is 0.000000181. The van der Waals surface area contributed by atoms with Crippen LogP contribution in [0.3, 0.4) is 0 Å². The molecule has 1 aromatic heterocycles. The molecule has 26 heavy (non-hydrogen) atoms. The molecule has 0 atom stereocenters. The molecule has 0 aliphatic carbocycles. The van der Waals surface area contributed by atoms with E-state index < -0.39 is 4.92 Å². The van der Waals surface area contributed by atoms with E-state index in [1.165, 1.54) is 23.0 Å². The number of para-hydroxylation sites is 2. The van der Waals surface area contributed by atoms with Crippen molar-refractivity contribution in [3.63, 3.8) is 0 Å². The number of H-pyrrole nitrogens is 1. The van der Waals surface area contributed by atoms with Crippen molar-refractivity contribution in [3.05, 3.63) is 112 Å². The Bertz CT molecular complexity index is 1010. The largest absolute Gasteiger partial charge is 0.361 e. The van der Waals surface area contributed by atoms with Gasteiger partial charge in [0.25, 0.3) is 5.69 Å². The lowest BCUT2D eigenvalue weighted by atomic mass is 10.0. The van der Waals surface area contributed by atoms with Crippen LogP contribution in [0.4, 0.5) is 5.69 Å². The Morgan fingerprint density at radius 1 is 0.808 bits per heavy atom. The van der Waals surface area contributed by atoms with Gasteiger partial charge in [0.2, 0.25) is 0 Å². The Kier molecular flexibility index (Phi) is 5.19. The first-order valence-electron chi connectivity index (χ1n) is 8.02. The Labute approximate surface area is 150 Å². The molecule has 0 fully saturated rings. The van der Waals surface area contributed by atoms with Gasteiger partial charge in [-0.25, -0.2) is 0 Å². The van der Waals surface area contributed by atoms with Crippen molar-refractivity contribution in [2.75, 3.05) is 0 Å². The van der Waals surface area contributed by atoms with E-state index in [0.717, 1.165) is 0 Å². The van der Waals surface area contributed by atoms with Crippen LogP contribution in [-0.4, -0.2) is 15.7 Å². The summed E-state index contributed by atoms with van der Waals surface area (Å²) in [7, 11) is 0. The Hall–Kier alpha value is -3.73. The third-order valence-electron chi connectivity index (χ3n) is 3.84. The molecule has 0 saturated carbocycles. The van der Waals surface area contributed by atoms with Gasteiger partial charge in [0.15, 0.2) is 5.78 Å². The van der Waals surface area contributed by atoms with Crippen molar-refractivity contribution in [2.45, 2.75) is 0 Å². The van der Waals surface area contributed by atoms with Gasteiger partial charge in [-0.05, 0) is 23.6 Å². The molecule has 0 aliphatic rings. The van der Waals surface area contributed by atoms with Gasteiger partial charge in [-0.15, -0.1) is 0 Å². The van der Waals surface area contributed by atoms with Crippen LogP contribution in [-0.2, 0) is 0 Å². The summed E-state index contributed by atoms with van der Waals surface area (Å²) >= 11 is 0. The maximum absolute atomic E-state index is 12.1. The number of nitro groups is 1. The molecule has 0 amide bonds. The second kappa shape index (κ2) is 7.90. The van der Waals surface area contributed by atoms with Crippen LogP contribution in [0.25, 0.3) is 10.9 Å². The van der Waals surface area contributed by atoms with Gasteiger partial charge in [-0.1, -0.05) is 60.7 Å². The molecular formula is C21H16N2O3. The summed E-state index contributed by atoms with van der Waals surface area (Å²) in [6.45, 7) is 0. The summed E-state index contributed by atoms with van der Waals surface area (Å²) in [6.07, 6.45) is 1.95. The number of carbonyl (C=O) groups excluding carboxylic acids is 1. The Morgan fingerprint density at radius 3 is 2.19 bits per heavy atom. The van der Waals surface area contributed by atoms with E-state index in [1.807, 2.05) is 18.3 Å². The van der Waals surface area contributed by atoms with Crippen molar-refractivity contribution in [3.8, 4) is 0 Å². The van der Waals surface area contributed by atoms with Gasteiger partial charge in [-0.2, -0.15) is 0 Å². The van der Waals surface area contributed by atoms with Gasteiger partial charge in [0.1, 0.15) is 5.56 Å². The van der Waals surface area contributed by atoms with E-state index in [4.69, 9.17) is 0 Å². The number of nitro benzene ring substituents is 1. The number of aromatic nitrogens is 1. The summed E-state index contributed by atoms with van der Waals surface area (Å²) in [6, 6.07) is 24.7. The van der Waals surface area contributed by atoms with Gasteiger partial charge in [0.05, 0.1) is 4.92 Å². The van der Waals surface area contributed by atoms with Crippen LogP contribution in [0.5, 0.6) is 0 Å². The molecule has 4 aromatic rings. The first-order valence-corrected chi connectivity index (χ1v) is 8.02. The molecule has 0 radical (unpaired) electrons. The van der Waals surface area contributed by atoms with E-state index in [2.05, 4.69) is 23.2 Å². The summed E-state index contributed by atoms with van der Waals surface area (Å²) < 4.78 is 0. The first-order chi connectivity index (χ1) is 12.7. The SMILES string of the molecule is O=C(c1ccccc1)c1ccccc1[N+](=O)[O-].c1ccc2[nH]ccc2c1. The molecule has 0 unspecified atom stereocenters. The third-order valence-corrected chi connectivity index (χ3v) is 3.84. The fraction of sp³-hybridized carbons (Fsp3) is 0. The van der Waals surface area contributed by atoms with Crippen molar-refractivity contribution in [2.24, 2.45) is 0 Å². The van der Waals surface area contributed by atoms with Crippen LogP contribution in [0.1, 0.15) is 15.9 Å². The molecule has 0 spiro atoms. The van der Waals surface area contributed by atoms with Crippen LogP contribution in [0, 0.1) is 10.1 Å². The number of hydrogen-bond donors (Lipinski definition) is 1. The minimum absolute atomic E-state index is 0.115. The van der Waals surface area contributed by atoms with Gasteiger partial charge in [0, 0.05) is 23.3 Å². The number of ketones is 1. The molecule has 0 bridgehead atoms. The van der Waals surface area contributed by atoms with Crippen molar-refractivity contribution < 1.29 is 9.72 Å². The number of rotatable bonds is 3. The topological polar surface area (TPSA) is 76.0 Å². The molecule has 0 saturated heterocycles. The highest BCUT2D eigenvalue weighted by Crippen LogP contribution is 2.21. The third kappa shape index (κ3) is 3.84. The van der Waals surface area contributed by atoms with Gasteiger partial charge in [-0.3, -0.25) is 14.9 Å². The average Bonchev–Trinajstić information content (AvgIpc) is 3.17. The summed E-state index contributed by atoms with van der Waals surface area (Å²) in [4.78, 5) is 25.5. The zero-order valence-electron chi connectivity index (χ0n) is 13.8. The maximum Gasteiger partial charge on any atom is 0.280 e. The highest BCUT2D eigenvalue weighted by atomic mass is 16.6. The van der Waals surface area contributed by atoms with Crippen molar-refractivity contribution in [1.29, 1.82) is 0 Å². The second-order valence-corrected chi connectivity index (χ2v) is 5.53. The predicted molar refractivity (Wildman–Crippen MR) is 101 cm³/mol. The standard InChI is InChI=1S/C13H9NO3.C8H7N/c15-13(10-6-2-1-3-7-10)11-8-4-5-9-12(11)14(16)17;1-2-4-8-7(3-1)5-6-9-8/h1-9H;1-6,9H. The number of carbonyl (C=O) groups is 1. The van der Waals surface area contributed by atoms with Crippen LogP contribution in [0.2, 0.25) is 0 Å². The molecule has 1 heterocycles. The highest BCUT2D eigenvalue weighted by Gasteiger charge is 2.19. The first kappa shape index (κ1) is 17.1. The van der Waals surface area contributed by atoms with E-state index in [0.29, 0.717) is 5.56 Å². The number of nitrogens with zero attached hydrogens (tertiary/aromatic N) is 1. The lowest BCUT2D eigenvalue weighted by molar-refractivity contribution is -0.385. The van der Waals surface area contributed by atoms with E-state index >= 15 is 0 Å². The van der Waals surface area contributed by atoms with Gasteiger partial charge >= 0.3 is 0 Å². The number of hydrogen-bond acceptors (Lipinski definition) is 3. The summed E-state index contributed by atoms with van der Waals surface area (Å²) in [5.74, 6) is -0.335. The second-order valence-electron chi connectivity index (χ2n) is 5.53. The quantitative estimate of drug-likeness (QED) is 0.323. The fourth-order valence-corrected chi connectivity index (χ4v) is 2.56. The molecular weight excluding hydrogens is 328 g/mol. The number of nitrogens with one attached hydrogen (secondary N) is 1. The van der Waals surface area contributed by atoms with E-state index in [9.17, 15) is 14.9 Å². The molecule has 1 N–H and O–H groups in total. The number of fused-ring (bicyclic) bond motifs is 1. The van der Waals surface area contributed by atoms with Crippen LogP contribution in [0.15, 0.2) is 91.1 Å². The number of benzene rings is 3. The zero-order valence-corrected chi connectivity index (χ0v) is 13.8. The molecule has 4 rings (SSSR count). The monoisotopic (exact) mass is 344 g/mol. The highest BCUT2D eigenvalue weighted by molar-refractivity contribution is 6.11. The maximum atomic E-state index is 12.1. The van der Waals surface area contributed by atoms with E-state index in [-0.39, 0.29) is 17.0 Å². The molecule has 5 heteroatoms. The zero-order chi connectivity index (χ0) is 18.4. The van der Waals surface area contributed by atoms with Gasteiger partial charge < -0.3 is 4.98 Å². The summed E-state index contributed by atoms with van der Waals surface area (Å²) in [5, 5.41) is 12.1. The smallest absolute Gasteiger partial charge is 0.280 e. The van der Waals surface area contributed by atoms with Crippen LogP contribution >= 0.6 is 0 Å². The van der Waals surface area contributed by atoms with Crippen LogP contribution < -0.4 is 0 Å². The Morgan fingerprint density at radius 2 is 1.46 bits per heavy atom. The van der Waals surface area contributed by atoms with Crippen molar-refractivity contribution >= 4 is 22.4 Å². The number of aromatic amines is 1. The fourth-order valence-electron chi connectivity index (χ4n) is 2.56. The minimum Gasteiger partial charge on any atom is -0.361 e. The molecule has 3 aromatic carbocycles. The lowest BCUT2D eigenvalue weighted by Crippen LogP contribution is -2.04. The summed E-state index contributed by atoms with van der Waals surface area (Å²) in [5.41, 5.74) is 1.60. The predicted octanol–water partition coefficient (Wildman–Crippen LogP) is 4.99. The molecule has 128 valence electrons. The lowest BCUT2D eigenvalue weighted by Gasteiger charge is -2.01. The average molecular weight is 344 g/mol. The minimum atomic E-state index is -0.545. The van der Waals surface area contributed by atoms with Crippen molar-refractivity contribution in [1.82, 2.24) is 4.98 Å². The molecule has 5 nitrogen and oxygen atoms in total. The molecule has 0 aliphatic heterocycles. The van der Waals surface area contributed by atoms with E-state index in [1.54, 1.807) is 42.5 Å². The normalized spacial score (nSPS) is 10.0.